The maximum absolute atomic E-state index is 13.2. The minimum atomic E-state index is -0.346. The van der Waals surface area contributed by atoms with Gasteiger partial charge in [0, 0.05) is 32.6 Å². The first kappa shape index (κ1) is 18.4. The van der Waals surface area contributed by atoms with Crippen molar-refractivity contribution >= 4 is 17.9 Å². The van der Waals surface area contributed by atoms with E-state index in [0.29, 0.717) is 25.2 Å². The molecule has 2 aromatic rings. The van der Waals surface area contributed by atoms with Crippen LogP contribution in [0.3, 0.4) is 0 Å². The highest BCUT2D eigenvalue weighted by Crippen LogP contribution is 2.08. The number of nitrogens with one attached hydrogen (secondary N) is 1. The monoisotopic (exact) mass is 340 g/mol. The third kappa shape index (κ3) is 6.59. The number of rotatable bonds is 7. The van der Waals surface area contributed by atoms with Crippen molar-refractivity contribution in [3.05, 3.63) is 77.6 Å². The molecule has 2 aromatic carbocycles. The lowest BCUT2D eigenvalue weighted by molar-refractivity contribution is -0.127. The third-order valence-electron chi connectivity index (χ3n) is 3.55. The van der Waals surface area contributed by atoms with Crippen LogP contribution in [0, 0.1) is 5.82 Å². The SMILES string of the molecule is CC(=O)NCCN(Cc1ccccc1)C(=O)/C=C\c1cccc(F)c1. The van der Waals surface area contributed by atoms with Gasteiger partial charge in [0.15, 0.2) is 0 Å². The van der Waals surface area contributed by atoms with E-state index in [4.69, 9.17) is 0 Å². The molecule has 0 aliphatic heterocycles. The Hall–Kier alpha value is -2.95. The summed E-state index contributed by atoms with van der Waals surface area (Å²) in [5, 5.41) is 2.69. The van der Waals surface area contributed by atoms with E-state index >= 15 is 0 Å². The molecule has 5 heteroatoms. The van der Waals surface area contributed by atoms with Crippen molar-refractivity contribution in [2.45, 2.75) is 13.5 Å². The van der Waals surface area contributed by atoms with Crippen molar-refractivity contribution in [2.24, 2.45) is 0 Å². The topological polar surface area (TPSA) is 49.4 Å². The van der Waals surface area contributed by atoms with Crippen molar-refractivity contribution in [3.8, 4) is 0 Å². The summed E-state index contributed by atoms with van der Waals surface area (Å²) in [5.41, 5.74) is 1.62. The number of halogens is 1. The number of hydrogen-bond donors (Lipinski definition) is 1. The number of hydrogen-bond acceptors (Lipinski definition) is 2. The number of nitrogens with zero attached hydrogens (tertiary/aromatic N) is 1. The maximum atomic E-state index is 13.2. The minimum Gasteiger partial charge on any atom is -0.355 e. The molecule has 0 aliphatic rings. The van der Waals surface area contributed by atoms with Crippen LogP contribution in [-0.2, 0) is 16.1 Å². The van der Waals surface area contributed by atoms with Gasteiger partial charge in [-0.15, -0.1) is 0 Å². The van der Waals surface area contributed by atoms with Crippen molar-refractivity contribution in [2.75, 3.05) is 13.1 Å². The van der Waals surface area contributed by atoms with E-state index in [-0.39, 0.29) is 17.6 Å². The molecule has 0 radical (unpaired) electrons. The fraction of sp³-hybridized carbons (Fsp3) is 0.200. The smallest absolute Gasteiger partial charge is 0.246 e. The largest absolute Gasteiger partial charge is 0.355 e. The number of benzene rings is 2. The minimum absolute atomic E-state index is 0.137. The molecule has 0 fully saturated rings. The zero-order valence-electron chi connectivity index (χ0n) is 14.1. The Labute approximate surface area is 147 Å². The molecule has 0 bridgehead atoms. The fourth-order valence-electron chi connectivity index (χ4n) is 2.32. The summed E-state index contributed by atoms with van der Waals surface area (Å²) in [6, 6.07) is 15.7. The van der Waals surface area contributed by atoms with E-state index in [0.717, 1.165) is 5.56 Å². The molecule has 0 saturated carbocycles. The molecule has 0 spiro atoms. The van der Waals surface area contributed by atoms with E-state index in [9.17, 15) is 14.0 Å². The van der Waals surface area contributed by atoms with E-state index < -0.39 is 0 Å². The standard InChI is InChI=1S/C20H21FN2O2/c1-16(24)22-12-13-23(15-18-6-3-2-4-7-18)20(25)11-10-17-8-5-9-19(21)14-17/h2-11,14H,12-13,15H2,1H3,(H,22,24)/b11-10-. The van der Waals surface area contributed by atoms with Crippen LogP contribution in [-0.4, -0.2) is 29.8 Å². The van der Waals surface area contributed by atoms with Crippen LogP contribution in [0.5, 0.6) is 0 Å². The Morgan fingerprint density at radius 2 is 1.88 bits per heavy atom. The van der Waals surface area contributed by atoms with Gasteiger partial charge in [0.2, 0.25) is 11.8 Å². The summed E-state index contributed by atoms with van der Waals surface area (Å²) in [7, 11) is 0. The molecule has 2 rings (SSSR count). The van der Waals surface area contributed by atoms with Gasteiger partial charge >= 0.3 is 0 Å². The van der Waals surface area contributed by atoms with Crippen LogP contribution in [0.4, 0.5) is 4.39 Å². The normalized spacial score (nSPS) is 10.6. The molecule has 4 nitrogen and oxygen atoms in total. The highest BCUT2D eigenvalue weighted by atomic mass is 19.1. The average Bonchev–Trinajstić information content (AvgIpc) is 2.59. The highest BCUT2D eigenvalue weighted by molar-refractivity contribution is 5.91. The van der Waals surface area contributed by atoms with Gasteiger partial charge in [-0.2, -0.15) is 0 Å². The second kappa shape index (κ2) is 9.37. The molecule has 25 heavy (non-hydrogen) atoms. The molecule has 0 aliphatic carbocycles. The predicted molar refractivity (Wildman–Crippen MR) is 96.0 cm³/mol. The summed E-state index contributed by atoms with van der Waals surface area (Å²) in [6.07, 6.45) is 3.01. The van der Waals surface area contributed by atoms with Gasteiger partial charge in [0.25, 0.3) is 0 Å². The number of carbonyl (C=O) groups is 2. The average molecular weight is 340 g/mol. The van der Waals surface area contributed by atoms with Gasteiger partial charge in [-0.05, 0) is 29.3 Å². The van der Waals surface area contributed by atoms with Gasteiger partial charge in [-0.3, -0.25) is 9.59 Å². The molecular formula is C20H21FN2O2. The van der Waals surface area contributed by atoms with E-state index in [1.54, 1.807) is 23.1 Å². The molecule has 0 saturated heterocycles. The van der Waals surface area contributed by atoms with E-state index in [2.05, 4.69) is 5.32 Å². The molecule has 130 valence electrons. The number of amides is 2. The summed E-state index contributed by atoms with van der Waals surface area (Å²) in [6.45, 7) is 2.64. The first-order valence-corrected chi connectivity index (χ1v) is 8.05. The van der Waals surface area contributed by atoms with Gasteiger partial charge in [-0.25, -0.2) is 4.39 Å². The molecule has 0 atom stereocenters. The van der Waals surface area contributed by atoms with E-state index in [1.807, 2.05) is 30.3 Å². The van der Waals surface area contributed by atoms with Crippen molar-refractivity contribution in [1.29, 1.82) is 0 Å². The molecule has 0 unspecified atom stereocenters. The second-order valence-corrected chi connectivity index (χ2v) is 5.62. The predicted octanol–water partition coefficient (Wildman–Crippen LogP) is 3.00. The summed E-state index contributed by atoms with van der Waals surface area (Å²) < 4.78 is 13.2. The van der Waals surface area contributed by atoms with Crippen LogP contribution in [0.1, 0.15) is 18.1 Å². The Morgan fingerprint density at radius 3 is 2.56 bits per heavy atom. The zero-order valence-corrected chi connectivity index (χ0v) is 14.1. The lowest BCUT2D eigenvalue weighted by atomic mass is 10.2. The fourth-order valence-corrected chi connectivity index (χ4v) is 2.32. The van der Waals surface area contributed by atoms with Gasteiger partial charge in [0.05, 0.1) is 0 Å². The third-order valence-corrected chi connectivity index (χ3v) is 3.55. The lowest BCUT2D eigenvalue weighted by Crippen LogP contribution is -2.36. The first-order valence-electron chi connectivity index (χ1n) is 8.05. The van der Waals surface area contributed by atoms with Crippen molar-refractivity contribution < 1.29 is 14.0 Å². The van der Waals surface area contributed by atoms with Gasteiger partial charge in [-0.1, -0.05) is 42.5 Å². The Bertz CT molecular complexity index is 744. The van der Waals surface area contributed by atoms with Crippen LogP contribution in [0.15, 0.2) is 60.7 Å². The molecule has 2 amide bonds. The van der Waals surface area contributed by atoms with E-state index in [1.165, 1.54) is 25.1 Å². The Kier molecular flexibility index (Phi) is 6.89. The zero-order chi connectivity index (χ0) is 18.1. The molecule has 0 heterocycles. The van der Waals surface area contributed by atoms with Crippen LogP contribution < -0.4 is 5.32 Å². The quantitative estimate of drug-likeness (QED) is 0.788. The molecule has 0 aromatic heterocycles. The Morgan fingerprint density at radius 1 is 1.12 bits per heavy atom. The Balaban J connectivity index is 2.06. The van der Waals surface area contributed by atoms with Crippen LogP contribution in [0.2, 0.25) is 0 Å². The molecule has 1 N–H and O–H groups in total. The van der Waals surface area contributed by atoms with Gasteiger partial charge in [0.1, 0.15) is 5.82 Å². The first-order chi connectivity index (χ1) is 12.0. The maximum Gasteiger partial charge on any atom is 0.246 e. The van der Waals surface area contributed by atoms with Gasteiger partial charge < -0.3 is 10.2 Å². The summed E-state index contributed by atoms with van der Waals surface area (Å²) in [4.78, 5) is 25.2. The van der Waals surface area contributed by atoms with Crippen molar-refractivity contribution in [3.63, 3.8) is 0 Å². The van der Waals surface area contributed by atoms with Crippen LogP contribution in [0.25, 0.3) is 6.08 Å². The highest BCUT2D eigenvalue weighted by Gasteiger charge is 2.11. The van der Waals surface area contributed by atoms with Crippen molar-refractivity contribution in [1.82, 2.24) is 10.2 Å². The lowest BCUT2D eigenvalue weighted by Gasteiger charge is -2.21. The summed E-state index contributed by atoms with van der Waals surface area (Å²) >= 11 is 0. The second-order valence-electron chi connectivity index (χ2n) is 5.62. The summed E-state index contributed by atoms with van der Waals surface area (Å²) in [5.74, 6) is -0.678. The molecular weight excluding hydrogens is 319 g/mol. The number of carbonyl (C=O) groups excluding carboxylic acids is 2. The van der Waals surface area contributed by atoms with Crippen LogP contribution >= 0.6 is 0 Å².